The molecule has 0 radical (unpaired) electrons. The van der Waals surface area contributed by atoms with E-state index in [4.69, 9.17) is 0 Å². The molecule has 33 heavy (non-hydrogen) atoms. The van der Waals surface area contributed by atoms with E-state index in [1.165, 1.54) is 12.8 Å². The summed E-state index contributed by atoms with van der Waals surface area (Å²) < 4.78 is 0. The molecule has 6 heteroatoms. The molecule has 164 valence electrons. The van der Waals surface area contributed by atoms with Crippen LogP contribution < -0.4 is 10.2 Å². The number of nitrogens with zero attached hydrogens (tertiary/aromatic N) is 2. The Morgan fingerprint density at radius 3 is 2.61 bits per heavy atom. The van der Waals surface area contributed by atoms with Crippen LogP contribution in [0.4, 0.5) is 11.5 Å². The van der Waals surface area contributed by atoms with Crippen LogP contribution in [0.1, 0.15) is 58.8 Å². The number of carbonyl (C=O) groups excluding carboxylic acids is 2. The minimum absolute atomic E-state index is 0.00263. The molecular weight excluding hydrogens is 412 g/mol. The average molecular weight is 437 g/mol. The third-order valence-corrected chi connectivity index (χ3v) is 6.76. The molecule has 1 saturated carbocycles. The van der Waals surface area contributed by atoms with Crippen molar-refractivity contribution in [2.24, 2.45) is 0 Å². The summed E-state index contributed by atoms with van der Waals surface area (Å²) in [6.07, 6.45) is 2.36. The van der Waals surface area contributed by atoms with E-state index in [0.29, 0.717) is 18.3 Å². The molecule has 1 aliphatic heterocycles. The van der Waals surface area contributed by atoms with E-state index < -0.39 is 0 Å². The molecule has 6 nitrogen and oxygen atoms in total. The Kier molecular flexibility index (Phi) is 4.54. The number of aromatic nitrogens is 2. The van der Waals surface area contributed by atoms with Gasteiger partial charge < -0.3 is 10.2 Å². The van der Waals surface area contributed by atoms with Crippen LogP contribution in [0.2, 0.25) is 0 Å². The predicted octanol–water partition coefficient (Wildman–Crippen LogP) is 5.34. The second kappa shape index (κ2) is 7.59. The number of rotatable bonds is 5. The fraction of sp³-hybridized carbons (Fsp3) is 0.222. The van der Waals surface area contributed by atoms with Gasteiger partial charge in [0.2, 0.25) is 5.91 Å². The van der Waals surface area contributed by atoms with E-state index in [9.17, 15) is 9.59 Å². The van der Waals surface area contributed by atoms with E-state index in [0.717, 1.165) is 38.8 Å². The number of H-pyrrole nitrogens is 1. The topological polar surface area (TPSA) is 78.1 Å². The van der Waals surface area contributed by atoms with Crippen LogP contribution in [0.25, 0.3) is 10.8 Å². The Labute approximate surface area is 191 Å². The Morgan fingerprint density at radius 1 is 1.09 bits per heavy atom. The number of hydrogen-bond donors (Lipinski definition) is 2. The van der Waals surface area contributed by atoms with Gasteiger partial charge in [-0.25, -0.2) is 0 Å². The number of amides is 2. The zero-order valence-corrected chi connectivity index (χ0v) is 18.3. The van der Waals surface area contributed by atoms with Crippen molar-refractivity contribution in [3.05, 3.63) is 89.1 Å². The zero-order chi connectivity index (χ0) is 22.5. The fourth-order valence-corrected chi connectivity index (χ4v) is 4.66. The van der Waals surface area contributed by atoms with E-state index in [1.807, 2.05) is 67.6 Å². The summed E-state index contributed by atoms with van der Waals surface area (Å²) in [5.74, 6) is 0.683. The summed E-state index contributed by atoms with van der Waals surface area (Å²) in [7, 11) is 0. The number of hydrogen-bond acceptors (Lipinski definition) is 3. The second-order valence-corrected chi connectivity index (χ2v) is 9.00. The van der Waals surface area contributed by atoms with Crippen LogP contribution in [0, 0.1) is 0 Å². The van der Waals surface area contributed by atoms with Crippen LogP contribution >= 0.6 is 0 Å². The molecule has 1 fully saturated rings. The molecule has 3 aromatic carbocycles. The quantitative estimate of drug-likeness (QED) is 0.443. The van der Waals surface area contributed by atoms with Crippen LogP contribution in [0.3, 0.4) is 0 Å². The standard InChI is InChI=1S/C27H24N4O2/c1-16(26(32)28-24-14-23(29-30-24)18-8-9-18)17-10-12-21(13-11-17)31-15-20-6-2-4-19-5-3-7-22(25(19)20)27(31)33/h2-7,10-14,16,18H,8-9,15H2,1H3,(H2,28,29,30,32). The minimum atomic E-state index is -0.341. The molecular formula is C27H24N4O2. The molecule has 0 saturated heterocycles. The Bertz CT molecular complexity index is 1380. The van der Waals surface area contributed by atoms with Crippen LogP contribution in [0.5, 0.6) is 0 Å². The highest BCUT2D eigenvalue weighted by molar-refractivity contribution is 6.17. The highest BCUT2D eigenvalue weighted by Gasteiger charge is 2.28. The van der Waals surface area contributed by atoms with E-state index in [2.05, 4.69) is 21.6 Å². The van der Waals surface area contributed by atoms with Crippen LogP contribution in [0.15, 0.2) is 66.7 Å². The molecule has 4 aromatic rings. The first-order valence-electron chi connectivity index (χ1n) is 11.4. The molecule has 2 aliphatic rings. The van der Waals surface area contributed by atoms with E-state index >= 15 is 0 Å². The minimum Gasteiger partial charge on any atom is -0.309 e. The lowest BCUT2D eigenvalue weighted by Crippen LogP contribution is -2.33. The molecule has 1 aromatic heterocycles. The van der Waals surface area contributed by atoms with Gasteiger partial charge in [-0.2, -0.15) is 5.10 Å². The molecule has 1 atom stereocenters. The lowest BCUT2D eigenvalue weighted by atomic mass is 9.94. The van der Waals surface area contributed by atoms with Crippen LogP contribution in [-0.2, 0) is 11.3 Å². The molecule has 0 bridgehead atoms. The number of anilines is 2. The van der Waals surface area contributed by atoms with Gasteiger partial charge in [0.05, 0.1) is 12.5 Å². The Morgan fingerprint density at radius 2 is 1.85 bits per heavy atom. The monoisotopic (exact) mass is 436 g/mol. The maximum Gasteiger partial charge on any atom is 0.259 e. The van der Waals surface area contributed by atoms with Gasteiger partial charge in [-0.05, 0) is 59.9 Å². The first-order valence-corrected chi connectivity index (χ1v) is 11.4. The van der Waals surface area contributed by atoms with Crippen molar-refractivity contribution in [3.63, 3.8) is 0 Å². The van der Waals surface area contributed by atoms with Crippen molar-refractivity contribution in [1.29, 1.82) is 0 Å². The zero-order valence-electron chi connectivity index (χ0n) is 18.3. The van der Waals surface area contributed by atoms with Crippen molar-refractivity contribution in [2.75, 3.05) is 10.2 Å². The Balaban J connectivity index is 1.20. The third-order valence-electron chi connectivity index (χ3n) is 6.76. The summed E-state index contributed by atoms with van der Waals surface area (Å²) in [5, 5.41) is 12.3. The van der Waals surface area contributed by atoms with Crippen molar-refractivity contribution in [1.82, 2.24) is 10.2 Å². The van der Waals surface area contributed by atoms with Crippen molar-refractivity contribution in [2.45, 2.75) is 38.1 Å². The van der Waals surface area contributed by atoms with E-state index in [-0.39, 0.29) is 17.7 Å². The molecule has 0 spiro atoms. The van der Waals surface area contributed by atoms with Gasteiger partial charge in [0, 0.05) is 28.9 Å². The smallest absolute Gasteiger partial charge is 0.259 e. The van der Waals surface area contributed by atoms with Crippen molar-refractivity contribution in [3.8, 4) is 0 Å². The van der Waals surface area contributed by atoms with Crippen molar-refractivity contribution < 1.29 is 9.59 Å². The molecule has 2 N–H and O–H groups in total. The number of aromatic amines is 1. The summed E-state index contributed by atoms with van der Waals surface area (Å²) in [4.78, 5) is 27.8. The summed E-state index contributed by atoms with van der Waals surface area (Å²) in [6, 6.07) is 21.6. The molecule has 2 heterocycles. The van der Waals surface area contributed by atoms with Gasteiger partial charge in [-0.3, -0.25) is 14.7 Å². The van der Waals surface area contributed by atoms with Gasteiger partial charge in [0.1, 0.15) is 0 Å². The predicted molar refractivity (Wildman–Crippen MR) is 129 cm³/mol. The largest absolute Gasteiger partial charge is 0.309 e. The van der Waals surface area contributed by atoms with Gasteiger partial charge >= 0.3 is 0 Å². The number of carbonyl (C=O) groups is 2. The number of nitrogens with one attached hydrogen (secondary N) is 2. The van der Waals surface area contributed by atoms with Gasteiger partial charge in [-0.1, -0.05) is 42.5 Å². The SMILES string of the molecule is CC(C(=O)Nc1cc(C2CC2)[nH]n1)c1ccc(N2Cc3cccc4cccc(c34)C2=O)cc1. The molecule has 1 unspecified atom stereocenters. The summed E-state index contributed by atoms with van der Waals surface area (Å²) in [6.45, 7) is 2.41. The van der Waals surface area contributed by atoms with Gasteiger partial charge in [-0.15, -0.1) is 0 Å². The summed E-state index contributed by atoms with van der Waals surface area (Å²) >= 11 is 0. The lowest BCUT2D eigenvalue weighted by molar-refractivity contribution is -0.117. The van der Waals surface area contributed by atoms with Gasteiger partial charge in [0.15, 0.2) is 5.82 Å². The first kappa shape index (κ1) is 19.7. The van der Waals surface area contributed by atoms with Gasteiger partial charge in [0.25, 0.3) is 5.91 Å². The number of benzene rings is 3. The third kappa shape index (κ3) is 3.48. The summed E-state index contributed by atoms with van der Waals surface area (Å²) in [5.41, 5.74) is 4.68. The maximum absolute atomic E-state index is 13.2. The molecule has 1 aliphatic carbocycles. The lowest BCUT2D eigenvalue weighted by Gasteiger charge is -2.29. The highest BCUT2D eigenvalue weighted by atomic mass is 16.2. The van der Waals surface area contributed by atoms with Crippen LogP contribution in [-0.4, -0.2) is 22.0 Å². The highest BCUT2D eigenvalue weighted by Crippen LogP contribution is 2.39. The second-order valence-electron chi connectivity index (χ2n) is 9.00. The first-order chi connectivity index (χ1) is 16.1. The average Bonchev–Trinajstić information content (AvgIpc) is 3.60. The fourth-order valence-electron chi connectivity index (χ4n) is 4.66. The van der Waals surface area contributed by atoms with E-state index in [1.54, 1.807) is 4.90 Å². The molecule has 2 amide bonds. The Hall–Kier alpha value is -3.93. The van der Waals surface area contributed by atoms with Crippen molar-refractivity contribution >= 4 is 34.1 Å². The maximum atomic E-state index is 13.2. The molecule has 6 rings (SSSR count). The normalized spacial score (nSPS) is 16.2.